The van der Waals surface area contributed by atoms with E-state index in [2.05, 4.69) is 30.7 Å². The second-order valence-electron chi connectivity index (χ2n) is 3.47. The molecule has 0 unspecified atom stereocenters. The van der Waals surface area contributed by atoms with Gasteiger partial charge in [-0.1, -0.05) is 0 Å². The number of nitrogens with zero attached hydrogens (tertiary/aromatic N) is 3. The molecule has 98 valence electrons. The highest BCUT2D eigenvalue weighted by atomic mass is 79.9. The Hall–Kier alpha value is -2.22. The second kappa shape index (κ2) is 5.19. The number of benzene rings is 1. The Labute approximate surface area is 116 Å². The number of ether oxygens (including phenoxy) is 1. The quantitative estimate of drug-likeness (QED) is 0.859. The molecule has 0 bridgehead atoms. The number of carboxylic acids is 1. The van der Waals surface area contributed by atoms with Crippen molar-refractivity contribution in [2.75, 3.05) is 7.11 Å². The molecule has 0 aliphatic carbocycles. The molecule has 2 rings (SSSR count). The third-order valence-electron chi connectivity index (χ3n) is 2.31. The molecule has 0 fully saturated rings. The molecule has 0 atom stereocenters. The van der Waals surface area contributed by atoms with E-state index in [0.717, 1.165) is 0 Å². The Bertz CT molecular complexity index is 653. The van der Waals surface area contributed by atoms with Crippen LogP contribution in [0.25, 0.3) is 5.69 Å². The lowest BCUT2D eigenvalue weighted by atomic mass is 10.2. The molecule has 8 heteroatoms. The van der Waals surface area contributed by atoms with E-state index in [-0.39, 0.29) is 11.4 Å². The fourth-order valence-corrected chi connectivity index (χ4v) is 1.93. The Kier molecular flexibility index (Phi) is 3.61. The van der Waals surface area contributed by atoms with Gasteiger partial charge in [-0.25, -0.2) is 19.3 Å². The van der Waals surface area contributed by atoms with Crippen LogP contribution in [0.4, 0.5) is 0 Å². The minimum atomic E-state index is -1.03. The summed E-state index contributed by atoms with van der Waals surface area (Å²) in [5.41, 5.74) is 0.705. The van der Waals surface area contributed by atoms with Gasteiger partial charge in [-0.3, -0.25) is 0 Å². The molecule has 1 heterocycles. The number of carboxylic acid groups (broad SMARTS) is 1. The normalized spacial score (nSPS) is 10.2. The minimum absolute atomic E-state index is 0.0686. The van der Waals surface area contributed by atoms with Gasteiger partial charge in [0.25, 0.3) is 5.82 Å². The number of carbonyl (C=O) groups is 2. The summed E-state index contributed by atoms with van der Waals surface area (Å²) in [4.78, 5) is 25.9. The first-order valence-corrected chi connectivity index (χ1v) is 5.85. The van der Waals surface area contributed by atoms with E-state index in [4.69, 9.17) is 5.11 Å². The second-order valence-corrected chi connectivity index (χ2v) is 4.33. The van der Waals surface area contributed by atoms with Crippen LogP contribution in [0, 0.1) is 0 Å². The average Bonchev–Trinajstić information content (AvgIpc) is 2.86. The van der Waals surface area contributed by atoms with Gasteiger partial charge in [-0.2, -0.15) is 0 Å². The number of hydrogen-bond donors (Lipinski definition) is 1. The number of halogens is 1. The molecule has 0 saturated heterocycles. The predicted molar refractivity (Wildman–Crippen MR) is 67.4 cm³/mol. The van der Waals surface area contributed by atoms with Crippen LogP contribution in [0.3, 0.4) is 0 Å². The van der Waals surface area contributed by atoms with Gasteiger partial charge in [0.2, 0.25) is 0 Å². The Morgan fingerprint density at radius 3 is 2.74 bits per heavy atom. The standard InChI is InChI=1S/C11H8BrN3O4/c1-19-11(18)9-13-5-15(14-9)6-2-3-7(10(16)17)8(12)4-6/h2-5H,1H3,(H,16,17). The number of aromatic carboxylic acids is 1. The lowest BCUT2D eigenvalue weighted by Crippen LogP contribution is -2.05. The summed E-state index contributed by atoms with van der Waals surface area (Å²) in [5.74, 6) is -1.74. The van der Waals surface area contributed by atoms with E-state index in [9.17, 15) is 9.59 Å². The van der Waals surface area contributed by atoms with E-state index in [1.165, 1.54) is 24.2 Å². The van der Waals surface area contributed by atoms with E-state index >= 15 is 0 Å². The molecule has 1 aromatic carbocycles. The van der Waals surface area contributed by atoms with Crippen LogP contribution in [0.2, 0.25) is 0 Å². The smallest absolute Gasteiger partial charge is 0.377 e. The van der Waals surface area contributed by atoms with Gasteiger partial charge in [0.1, 0.15) is 6.33 Å². The summed E-state index contributed by atoms with van der Waals surface area (Å²) >= 11 is 3.16. The number of rotatable bonds is 3. The first-order valence-electron chi connectivity index (χ1n) is 5.06. The molecule has 0 aliphatic heterocycles. The van der Waals surface area contributed by atoms with Crippen LogP contribution in [0.15, 0.2) is 29.0 Å². The first kappa shape index (κ1) is 13.2. The van der Waals surface area contributed by atoms with Crippen molar-refractivity contribution in [1.29, 1.82) is 0 Å². The van der Waals surface area contributed by atoms with Crippen molar-refractivity contribution in [1.82, 2.24) is 14.8 Å². The van der Waals surface area contributed by atoms with Crippen LogP contribution >= 0.6 is 15.9 Å². The van der Waals surface area contributed by atoms with E-state index < -0.39 is 11.9 Å². The van der Waals surface area contributed by atoms with Gasteiger partial charge in [0, 0.05) is 4.47 Å². The monoisotopic (exact) mass is 325 g/mol. The van der Waals surface area contributed by atoms with Crippen molar-refractivity contribution in [3.8, 4) is 5.69 Å². The van der Waals surface area contributed by atoms with Crippen molar-refractivity contribution in [2.45, 2.75) is 0 Å². The van der Waals surface area contributed by atoms with Crippen LogP contribution in [-0.4, -0.2) is 38.9 Å². The number of methoxy groups -OCH3 is 1. The van der Waals surface area contributed by atoms with Gasteiger partial charge >= 0.3 is 11.9 Å². The predicted octanol–water partition coefficient (Wildman–Crippen LogP) is 1.51. The lowest BCUT2D eigenvalue weighted by molar-refractivity contribution is 0.0586. The highest BCUT2D eigenvalue weighted by Gasteiger charge is 2.13. The zero-order valence-electron chi connectivity index (χ0n) is 9.70. The lowest BCUT2D eigenvalue weighted by Gasteiger charge is -2.03. The van der Waals surface area contributed by atoms with Crippen molar-refractivity contribution in [3.63, 3.8) is 0 Å². The fourth-order valence-electron chi connectivity index (χ4n) is 1.39. The molecule has 0 spiro atoms. The summed E-state index contributed by atoms with van der Waals surface area (Å²) in [5, 5.41) is 12.8. The third-order valence-corrected chi connectivity index (χ3v) is 2.96. The van der Waals surface area contributed by atoms with Crippen LogP contribution < -0.4 is 0 Å². The number of hydrogen-bond acceptors (Lipinski definition) is 5. The van der Waals surface area contributed by atoms with Crippen LogP contribution in [0.5, 0.6) is 0 Å². The number of esters is 1. The molecular weight excluding hydrogens is 318 g/mol. The van der Waals surface area contributed by atoms with Gasteiger partial charge in [-0.15, -0.1) is 5.10 Å². The Morgan fingerprint density at radius 1 is 1.42 bits per heavy atom. The Morgan fingerprint density at radius 2 is 2.16 bits per heavy atom. The molecule has 1 aromatic heterocycles. The molecule has 0 radical (unpaired) electrons. The van der Waals surface area contributed by atoms with E-state index in [1.54, 1.807) is 12.1 Å². The summed E-state index contributed by atoms with van der Waals surface area (Å²) in [6.07, 6.45) is 1.34. The molecule has 0 aliphatic rings. The summed E-state index contributed by atoms with van der Waals surface area (Å²) in [6.45, 7) is 0. The van der Waals surface area contributed by atoms with Crippen LogP contribution in [-0.2, 0) is 4.74 Å². The summed E-state index contributed by atoms with van der Waals surface area (Å²) in [6, 6.07) is 4.56. The Balaban J connectivity index is 2.37. The molecule has 0 amide bonds. The largest absolute Gasteiger partial charge is 0.478 e. The van der Waals surface area contributed by atoms with Gasteiger partial charge < -0.3 is 9.84 Å². The molecular formula is C11H8BrN3O4. The van der Waals surface area contributed by atoms with Gasteiger partial charge in [0.15, 0.2) is 0 Å². The van der Waals surface area contributed by atoms with Crippen molar-refractivity contribution < 1.29 is 19.4 Å². The third kappa shape index (κ3) is 2.63. The molecule has 0 saturated carbocycles. The molecule has 19 heavy (non-hydrogen) atoms. The van der Waals surface area contributed by atoms with Crippen molar-refractivity contribution in [3.05, 3.63) is 40.4 Å². The SMILES string of the molecule is COC(=O)c1ncn(-c2ccc(C(=O)O)c(Br)c2)n1. The topological polar surface area (TPSA) is 94.3 Å². The molecule has 1 N–H and O–H groups in total. The molecule has 7 nitrogen and oxygen atoms in total. The number of aromatic nitrogens is 3. The maximum absolute atomic E-state index is 11.2. The minimum Gasteiger partial charge on any atom is -0.478 e. The van der Waals surface area contributed by atoms with Crippen molar-refractivity contribution >= 4 is 27.9 Å². The molecule has 2 aromatic rings. The van der Waals surface area contributed by atoms with Crippen molar-refractivity contribution in [2.24, 2.45) is 0 Å². The highest BCUT2D eigenvalue weighted by molar-refractivity contribution is 9.10. The summed E-state index contributed by atoms with van der Waals surface area (Å²) < 4.78 is 6.26. The first-order chi connectivity index (χ1) is 9.02. The zero-order valence-corrected chi connectivity index (χ0v) is 11.3. The maximum Gasteiger partial charge on any atom is 0.377 e. The van der Waals surface area contributed by atoms with E-state index in [1.807, 2.05) is 0 Å². The highest BCUT2D eigenvalue weighted by Crippen LogP contribution is 2.20. The van der Waals surface area contributed by atoms with Gasteiger partial charge in [0.05, 0.1) is 18.4 Å². The average molecular weight is 326 g/mol. The van der Waals surface area contributed by atoms with Crippen LogP contribution in [0.1, 0.15) is 21.0 Å². The number of carbonyl (C=O) groups excluding carboxylic acids is 1. The maximum atomic E-state index is 11.2. The zero-order chi connectivity index (χ0) is 14.0. The summed E-state index contributed by atoms with van der Waals surface area (Å²) in [7, 11) is 1.24. The van der Waals surface area contributed by atoms with E-state index in [0.29, 0.717) is 10.2 Å². The fraction of sp³-hybridized carbons (Fsp3) is 0.0909. The van der Waals surface area contributed by atoms with Gasteiger partial charge in [-0.05, 0) is 34.1 Å².